The van der Waals surface area contributed by atoms with Crippen LogP contribution in [-0.2, 0) is 31.4 Å². The third-order valence-electron chi connectivity index (χ3n) is 6.68. The Kier molecular flexibility index (Phi) is 5.70. The zero-order valence-corrected chi connectivity index (χ0v) is 19.1. The first-order chi connectivity index (χ1) is 16.0. The van der Waals surface area contributed by atoms with Crippen molar-refractivity contribution in [3.63, 3.8) is 0 Å². The van der Waals surface area contributed by atoms with E-state index in [1.807, 2.05) is 36.6 Å². The van der Waals surface area contributed by atoms with Gasteiger partial charge in [0.1, 0.15) is 5.69 Å². The molecule has 3 aromatic heterocycles. The normalized spacial score (nSPS) is 16.7. The van der Waals surface area contributed by atoms with Crippen LogP contribution in [0, 0.1) is 5.92 Å². The number of nitrogens with zero attached hydrogens (tertiary/aromatic N) is 7. The first-order valence-electron chi connectivity index (χ1n) is 11.5. The number of carbonyl (C=O) groups is 1. The van der Waals surface area contributed by atoms with Gasteiger partial charge in [0.05, 0.1) is 24.1 Å². The molecule has 0 bridgehead atoms. The van der Waals surface area contributed by atoms with Crippen LogP contribution < -0.4 is 10.5 Å². The highest BCUT2D eigenvalue weighted by Gasteiger charge is 2.28. The molecular weight excluding hydrogens is 418 g/mol. The fraction of sp³-hybridized carbons (Fsp3) is 0.458. The molecule has 5 heterocycles. The number of anilines is 1. The zero-order chi connectivity index (χ0) is 22.9. The first kappa shape index (κ1) is 21.4. The maximum Gasteiger partial charge on any atom is 0.250 e. The van der Waals surface area contributed by atoms with Crippen molar-refractivity contribution in [2.75, 3.05) is 24.5 Å². The molecule has 2 aliphatic heterocycles. The lowest BCUT2D eigenvalue weighted by Crippen LogP contribution is -2.38. The van der Waals surface area contributed by atoms with E-state index in [1.165, 1.54) is 0 Å². The van der Waals surface area contributed by atoms with E-state index in [9.17, 15) is 9.59 Å². The van der Waals surface area contributed by atoms with Crippen LogP contribution in [0.3, 0.4) is 0 Å². The predicted molar refractivity (Wildman–Crippen MR) is 125 cm³/mol. The van der Waals surface area contributed by atoms with Crippen LogP contribution in [0.15, 0.2) is 41.6 Å². The Morgan fingerprint density at radius 2 is 1.94 bits per heavy atom. The van der Waals surface area contributed by atoms with Crippen molar-refractivity contribution in [2.45, 2.75) is 39.3 Å². The molecule has 9 heteroatoms. The van der Waals surface area contributed by atoms with E-state index in [1.54, 1.807) is 28.3 Å². The van der Waals surface area contributed by atoms with E-state index in [0.29, 0.717) is 19.0 Å². The first-order valence-corrected chi connectivity index (χ1v) is 11.5. The maximum atomic E-state index is 12.1. The average Bonchev–Trinajstić information content (AvgIpc) is 3.26. The average molecular weight is 448 g/mol. The zero-order valence-electron chi connectivity index (χ0n) is 19.1. The number of hydrogen-bond donors (Lipinski definition) is 0. The van der Waals surface area contributed by atoms with Crippen molar-refractivity contribution in [3.05, 3.63) is 58.5 Å². The minimum Gasteiger partial charge on any atom is -0.355 e. The minimum absolute atomic E-state index is 0.0546. The SMILES string of the molecule is CC(=O)N1CCc2nc(N3CCC(Cn4ccccc4=O)CC3)c(-c3cnn(C)c3)nc2C1. The Labute approximate surface area is 192 Å². The van der Waals surface area contributed by atoms with E-state index in [-0.39, 0.29) is 11.5 Å². The number of aryl methyl sites for hydroxylation is 1. The van der Waals surface area contributed by atoms with Crippen molar-refractivity contribution in [2.24, 2.45) is 13.0 Å². The minimum atomic E-state index is 0.0546. The Morgan fingerprint density at radius 3 is 2.64 bits per heavy atom. The second-order valence-electron chi connectivity index (χ2n) is 9.00. The molecule has 0 atom stereocenters. The van der Waals surface area contributed by atoms with E-state index in [2.05, 4.69) is 10.00 Å². The van der Waals surface area contributed by atoms with Crippen LogP contribution >= 0.6 is 0 Å². The summed E-state index contributed by atoms with van der Waals surface area (Å²) in [5.41, 5.74) is 3.66. The largest absolute Gasteiger partial charge is 0.355 e. The van der Waals surface area contributed by atoms with Gasteiger partial charge < -0.3 is 14.4 Å². The van der Waals surface area contributed by atoms with Gasteiger partial charge in [-0.25, -0.2) is 9.97 Å². The molecule has 2 aliphatic rings. The van der Waals surface area contributed by atoms with E-state index in [0.717, 1.165) is 67.4 Å². The third-order valence-corrected chi connectivity index (χ3v) is 6.68. The van der Waals surface area contributed by atoms with E-state index < -0.39 is 0 Å². The van der Waals surface area contributed by atoms with Crippen LogP contribution in [0.4, 0.5) is 5.82 Å². The monoisotopic (exact) mass is 447 g/mol. The lowest BCUT2D eigenvalue weighted by Gasteiger charge is -2.35. The molecule has 0 N–H and O–H groups in total. The summed E-state index contributed by atoms with van der Waals surface area (Å²) in [5.74, 6) is 1.42. The number of aromatic nitrogens is 5. The number of carbonyl (C=O) groups excluding carboxylic acids is 1. The number of fused-ring (bicyclic) bond motifs is 1. The van der Waals surface area contributed by atoms with Crippen LogP contribution in [0.2, 0.25) is 0 Å². The highest BCUT2D eigenvalue weighted by molar-refractivity contribution is 5.74. The summed E-state index contributed by atoms with van der Waals surface area (Å²) < 4.78 is 3.58. The second kappa shape index (κ2) is 8.80. The summed E-state index contributed by atoms with van der Waals surface area (Å²) in [6, 6.07) is 5.31. The van der Waals surface area contributed by atoms with E-state index >= 15 is 0 Å². The molecule has 1 saturated heterocycles. The van der Waals surface area contributed by atoms with Crippen LogP contribution in [0.1, 0.15) is 31.2 Å². The van der Waals surface area contributed by atoms with Gasteiger partial charge in [-0.1, -0.05) is 6.07 Å². The summed E-state index contributed by atoms with van der Waals surface area (Å²) >= 11 is 0. The number of piperidine rings is 1. The fourth-order valence-electron chi connectivity index (χ4n) is 4.77. The van der Waals surface area contributed by atoms with Crippen molar-refractivity contribution in [3.8, 4) is 11.3 Å². The molecule has 0 saturated carbocycles. The molecule has 5 rings (SSSR count). The van der Waals surface area contributed by atoms with Gasteiger partial charge in [-0.2, -0.15) is 5.10 Å². The molecule has 33 heavy (non-hydrogen) atoms. The number of rotatable bonds is 4. The predicted octanol–water partition coefficient (Wildman–Crippen LogP) is 1.86. The van der Waals surface area contributed by atoms with E-state index in [4.69, 9.17) is 9.97 Å². The Hall–Kier alpha value is -3.49. The van der Waals surface area contributed by atoms with Gasteiger partial charge in [-0.05, 0) is 24.8 Å². The lowest BCUT2D eigenvalue weighted by atomic mass is 9.96. The van der Waals surface area contributed by atoms with Crippen LogP contribution in [0.5, 0.6) is 0 Å². The van der Waals surface area contributed by atoms with Gasteiger partial charge in [0.2, 0.25) is 5.91 Å². The maximum absolute atomic E-state index is 12.1. The van der Waals surface area contributed by atoms with Crippen molar-refractivity contribution >= 4 is 11.7 Å². The molecule has 0 aliphatic carbocycles. The number of pyridine rings is 1. The summed E-state index contributed by atoms with van der Waals surface area (Å²) in [4.78, 5) is 38.2. The molecule has 0 spiro atoms. The van der Waals surface area contributed by atoms with Crippen molar-refractivity contribution < 1.29 is 4.79 Å². The summed E-state index contributed by atoms with van der Waals surface area (Å²) in [6.07, 6.45) is 8.35. The Bertz CT molecular complexity index is 1220. The molecule has 3 aromatic rings. The van der Waals surface area contributed by atoms with Crippen LogP contribution in [0.25, 0.3) is 11.3 Å². The highest BCUT2D eigenvalue weighted by atomic mass is 16.2. The molecule has 1 amide bonds. The Balaban J connectivity index is 1.40. The molecule has 0 radical (unpaired) electrons. The third kappa shape index (κ3) is 4.40. The van der Waals surface area contributed by atoms with Gasteiger partial charge in [-0.15, -0.1) is 0 Å². The summed E-state index contributed by atoms with van der Waals surface area (Å²) in [6.45, 7) is 5.26. The quantitative estimate of drug-likeness (QED) is 0.607. The standard InChI is InChI=1S/C24H29N7O2/c1-17(32)30-12-8-20-21(16-30)26-23(19-13-25-28(2)15-19)24(27-20)29-10-6-18(7-11-29)14-31-9-4-3-5-22(31)33/h3-5,9,13,15,18H,6-8,10-12,14,16H2,1-2H3. The smallest absolute Gasteiger partial charge is 0.250 e. The Morgan fingerprint density at radius 1 is 1.12 bits per heavy atom. The molecule has 172 valence electrons. The molecule has 0 unspecified atom stereocenters. The van der Waals surface area contributed by atoms with Crippen molar-refractivity contribution in [1.29, 1.82) is 0 Å². The number of amides is 1. The molecule has 1 fully saturated rings. The van der Waals surface area contributed by atoms with Gasteiger partial charge in [0.25, 0.3) is 5.56 Å². The van der Waals surface area contributed by atoms with Crippen LogP contribution in [-0.4, -0.2) is 54.8 Å². The topological polar surface area (TPSA) is 89.2 Å². The van der Waals surface area contributed by atoms with Gasteiger partial charge >= 0.3 is 0 Å². The molecule has 0 aromatic carbocycles. The highest BCUT2D eigenvalue weighted by Crippen LogP contribution is 2.33. The second-order valence-corrected chi connectivity index (χ2v) is 9.00. The summed E-state index contributed by atoms with van der Waals surface area (Å²) in [7, 11) is 1.89. The lowest BCUT2D eigenvalue weighted by molar-refractivity contribution is -0.129. The molecular formula is C24H29N7O2. The number of hydrogen-bond acceptors (Lipinski definition) is 6. The molecule has 9 nitrogen and oxygen atoms in total. The fourth-order valence-corrected chi connectivity index (χ4v) is 4.77. The summed E-state index contributed by atoms with van der Waals surface area (Å²) in [5, 5.41) is 4.34. The van der Waals surface area contributed by atoms with Gasteiger partial charge in [0, 0.05) is 70.6 Å². The van der Waals surface area contributed by atoms with Crippen molar-refractivity contribution in [1.82, 2.24) is 29.2 Å². The van der Waals surface area contributed by atoms with Gasteiger partial charge in [0.15, 0.2) is 5.82 Å². The van der Waals surface area contributed by atoms with Gasteiger partial charge in [-0.3, -0.25) is 14.3 Å².